The van der Waals surface area contributed by atoms with Crippen molar-refractivity contribution in [1.29, 1.82) is 0 Å². The molecule has 1 aromatic carbocycles. The summed E-state index contributed by atoms with van der Waals surface area (Å²) in [5.41, 5.74) is -5.48. The van der Waals surface area contributed by atoms with Gasteiger partial charge in [0, 0.05) is 31.0 Å². The molecule has 0 bridgehead atoms. The first-order valence-electron chi connectivity index (χ1n) is 13.3. The third-order valence-electron chi connectivity index (χ3n) is 11.6. The zero-order valence-corrected chi connectivity index (χ0v) is 21.6. The maximum absolute atomic E-state index is 17.6. The van der Waals surface area contributed by atoms with E-state index in [2.05, 4.69) is 4.90 Å². The highest BCUT2D eigenvalue weighted by atomic mass is 19.1. The van der Waals surface area contributed by atoms with Gasteiger partial charge < -0.3 is 10.2 Å². The predicted molar refractivity (Wildman–Crippen MR) is 134 cm³/mol. The van der Waals surface area contributed by atoms with E-state index in [4.69, 9.17) is 0 Å². The van der Waals surface area contributed by atoms with E-state index in [9.17, 15) is 19.8 Å². The van der Waals surface area contributed by atoms with Gasteiger partial charge in [-0.15, -0.1) is 0 Å². The highest BCUT2D eigenvalue weighted by Gasteiger charge is 2.82. The van der Waals surface area contributed by atoms with Gasteiger partial charge in [-0.2, -0.15) is 0 Å². The Balaban J connectivity index is 1.44. The molecule has 7 heteroatoms. The minimum Gasteiger partial charge on any atom is -0.481 e. The van der Waals surface area contributed by atoms with Crippen molar-refractivity contribution in [2.75, 3.05) is 13.1 Å². The molecule has 6 rings (SSSR count). The number of halogens is 2. The van der Waals surface area contributed by atoms with Crippen LogP contribution in [-0.4, -0.2) is 57.9 Å². The lowest BCUT2D eigenvalue weighted by Gasteiger charge is -2.67. The van der Waals surface area contributed by atoms with Crippen LogP contribution in [0.25, 0.3) is 0 Å². The molecule has 1 heterocycles. The van der Waals surface area contributed by atoms with E-state index in [-0.39, 0.29) is 30.1 Å². The lowest BCUT2D eigenvalue weighted by molar-refractivity contribution is -0.244. The van der Waals surface area contributed by atoms with Crippen molar-refractivity contribution in [2.45, 2.75) is 64.5 Å². The van der Waals surface area contributed by atoms with Crippen LogP contribution in [-0.2, 0) is 16.1 Å². The van der Waals surface area contributed by atoms with Crippen LogP contribution in [0.3, 0.4) is 0 Å². The Morgan fingerprint density at radius 3 is 2.54 bits per heavy atom. The smallest absolute Gasteiger partial charge is 0.311 e. The predicted octanol–water partition coefficient (Wildman–Crippen LogP) is 4.51. The lowest BCUT2D eigenvalue weighted by Crippen LogP contribution is -2.72. The summed E-state index contributed by atoms with van der Waals surface area (Å²) in [6.45, 7) is 6.91. The fraction of sp³-hybridized carbons (Fsp3) is 0.600. The Morgan fingerprint density at radius 2 is 1.86 bits per heavy atom. The molecule has 5 aliphatic rings. The van der Waals surface area contributed by atoms with Gasteiger partial charge in [-0.25, -0.2) is 8.78 Å². The van der Waals surface area contributed by atoms with Crippen LogP contribution in [0.4, 0.5) is 8.78 Å². The minimum absolute atomic E-state index is 0.0277. The average Bonchev–Trinajstić information content (AvgIpc) is 3.28. The summed E-state index contributed by atoms with van der Waals surface area (Å²) in [4.78, 5) is 27.5. The number of carboxylic acids is 1. The molecule has 3 saturated carbocycles. The second kappa shape index (κ2) is 7.60. The number of hydrogen-bond donors (Lipinski definition) is 2. The van der Waals surface area contributed by atoms with Crippen LogP contribution in [0.15, 0.2) is 54.1 Å². The number of carbonyl (C=O) groups excluding carboxylic acids is 1. The number of likely N-dealkylation sites (tertiary alicyclic amines) is 1. The van der Waals surface area contributed by atoms with Crippen LogP contribution in [0.2, 0.25) is 0 Å². The first-order valence-corrected chi connectivity index (χ1v) is 13.3. The van der Waals surface area contributed by atoms with Gasteiger partial charge >= 0.3 is 5.97 Å². The van der Waals surface area contributed by atoms with E-state index < -0.39 is 51.5 Å². The maximum atomic E-state index is 17.6. The average molecular weight is 512 g/mol. The monoisotopic (exact) mass is 511 g/mol. The maximum Gasteiger partial charge on any atom is 0.311 e. The van der Waals surface area contributed by atoms with Crippen molar-refractivity contribution in [1.82, 2.24) is 4.90 Å². The van der Waals surface area contributed by atoms with E-state index >= 15 is 8.78 Å². The third kappa shape index (κ3) is 2.80. The van der Waals surface area contributed by atoms with Crippen molar-refractivity contribution >= 4 is 11.8 Å². The third-order valence-corrected chi connectivity index (χ3v) is 11.6. The quantitative estimate of drug-likeness (QED) is 0.625. The number of aliphatic hydroxyl groups excluding tert-OH is 1. The second-order valence-corrected chi connectivity index (χ2v) is 12.9. The topological polar surface area (TPSA) is 77.8 Å². The van der Waals surface area contributed by atoms with Gasteiger partial charge in [0.1, 0.15) is 6.17 Å². The summed E-state index contributed by atoms with van der Waals surface area (Å²) >= 11 is 0. The fourth-order valence-electron chi connectivity index (χ4n) is 9.67. The molecule has 198 valence electrons. The van der Waals surface area contributed by atoms with Crippen LogP contribution in [0.1, 0.15) is 45.6 Å². The summed E-state index contributed by atoms with van der Waals surface area (Å²) < 4.78 is 33.4. The standard InChI is InChI=1S/C30H35F2NO4/c1-26-10-9-20(34)11-21(26)22(31)12-23-27(2)13-19-16-33(15-18-7-5-4-6-8-18)17-29(19,25(36)37)28(27,3)14-24(35)30(23,26)32/h4-11,19,22-24,35H,12-17H2,1-3H3,(H,36,37). The number of fused-ring (bicyclic) bond motifs is 7. The molecule has 37 heavy (non-hydrogen) atoms. The Morgan fingerprint density at radius 1 is 1.16 bits per heavy atom. The van der Waals surface area contributed by atoms with E-state index in [0.717, 1.165) is 5.56 Å². The van der Waals surface area contributed by atoms with E-state index in [1.54, 1.807) is 6.92 Å². The molecule has 1 aromatic rings. The lowest BCUT2D eigenvalue weighted by atomic mass is 9.39. The van der Waals surface area contributed by atoms with Crippen LogP contribution >= 0.6 is 0 Å². The number of alkyl halides is 2. The molecular weight excluding hydrogens is 476 g/mol. The first kappa shape index (κ1) is 24.9. The van der Waals surface area contributed by atoms with E-state index in [1.165, 1.54) is 18.2 Å². The second-order valence-electron chi connectivity index (χ2n) is 12.9. The van der Waals surface area contributed by atoms with Crippen LogP contribution in [0, 0.1) is 33.5 Å². The molecule has 4 fully saturated rings. The van der Waals surface area contributed by atoms with Crippen molar-refractivity contribution in [3.8, 4) is 0 Å². The molecule has 4 aliphatic carbocycles. The molecule has 2 N–H and O–H groups in total. The highest BCUT2D eigenvalue weighted by Crippen LogP contribution is 2.79. The fourth-order valence-corrected chi connectivity index (χ4v) is 9.67. The number of carbonyl (C=O) groups is 2. The van der Waals surface area contributed by atoms with Gasteiger partial charge in [0.05, 0.1) is 11.5 Å². The number of hydrogen-bond acceptors (Lipinski definition) is 4. The Hall–Kier alpha value is -2.38. The number of rotatable bonds is 3. The first-order chi connectivity index (χ1) is 17.3. The van der Waals surface area contributed by atoms with Crippen molar-refractivity contribution in [2.24, 2.45) is 33.5 Å². The molecule has 0 spiro atoms. The number of benzene rings is 1. The van der Waals surface area contributed by atoms with Gasteiger partial charge in [-0.05, 0) is 66.2 Å². The molecule has 1 saturated heterocycles. The SMILES string of the molecule is CC12C=CC(=O)C=C1C(F)CC1C3(C)CC4CN(Cc5ccccc5)CC4(C(=O)O)C3(C)CC(O)C12F. The molecule has 9 unspecified atom stereocenters. The van der Waals surface area contributed by atoms with Gasteiger partial charge in [0.15, 0.2) is 11.5 Å². The molecule has 1 aliphatic heterocycles. The molecule has 0 aromatic heterocycles. The minimum atomic E-state index is -2.21. The normalized spacial score (nSPS) is 48.6. The summed E-state index contributed by atoms with van der Waals surface area (Å²) in [6, 6.07) is 9.91. The zero-order chi connectivity index (χ0) is 26.6. The molecular formula is C30H35F2NO4. The van der Waals surface area contributed by atoms with E-state index in [0.29, 0.717) is 26.1 Å². The zero-order valence-electron chi connectivity index (χ0n) is 21.6. The summed E-state index contributed by atoms with van der Waals surface area (Å²) in [5.74, 6) is -2.43. The number of allylic oxidation sites excluding steroid dienone is 4. The number of nitrogens with zero attached hydrogens (tertiary/aromatic N) is 1. The summed E-state index contributed by atoms with van der Waals surface area (Å²) in [7, 11) is 0. The van der Waals surface area contributed by atoms with Crippen LogP contribution in [0.5, 0.6) is 0 Å². The highest BCUT2D eigenvalue weighted by molar-refractivity contribution is 6.01. The van der Waals surface area contributed by atoms with Crippen molar-refractivity contribution < 1.29 is 28.6 Å². The van der Waals surface area contributed by atoms with Gasteiger partial charge in [0.25, 0.3) is 0 Å². The Labute approximate surface area is 216 Å². The van der Waals surface area contributed by atoms with Gasteiger partial charge in [0.2, 0.25) is 0 Å². The number of aliphatic hydroxyl groups is 1. The van der Waals surface area contributed by atoms with E-state index in [1.807, 2.05) is 44.2 Å². The molecule has 5 nitrogen and oxygen atoms in total. The van der Waals surface area contributed by atoms with Gasteiger partial charge in [-0.3, -0.25) is 14.5 Å². The number of aliphatic carboxylic acids is 1. The number of ketones is 1. The van der Waals surface area contributed by atoms with Crippen molar-refractivity contribution in [3.05, 3.63) is 59.7 Å². The number of carboxylic acid groups (broad SMARTS) is 1. The van der Waals surface area contributed by atoms with Crippen molar-refractivity contribution in [3.63, 3.8) is 0 Å². The van der Waals surface area contributed by atoms with Crippen LogP contribution < -0.4 is 0 Å². The largest absolute Gasteiger partial charge is 0.481 e. The molecule has 0 amide bonds. The Bertz CT molecular complexity index is 1230. The molecule has 0 radical (unpaired) electrons. The molecule has 9 atom stereocenters. The Kier molecular flexibility index (Phi) is 5.12. The summed E-state index contributed by atoms with van der Waals surface area (Å²) in [6.07, 6.45) is 1.12. The van der Waals surface area contributed by atoms with Gasteiger partial charge in [-0.1, -0.05) is 50.3 Å². The summed E-state index contributed by atoms with van der Waals surface area (Å²) in [5, 5.41) is 22.4.